The molecule has 0 spiro atoms. The smallest absolute Gasteiger partial charge is 0.295 e. The second kappa shape index (κ2) is 2.51. The summed E-state index contributed by atoms with van der Waals surface area (Å²) < 4.78 is 1.84. The molecule has 0 saturated heterocycles. The van der Waals surface area contributed by atoms with Gasteiger partial charge in [0.2, 0.25) is 0 Å². The van der Waals surface area contributed by atoms with Crippen LogP contribution in [0.1, 0.15) is 16.5 Å². The fourth-order valence-electron chi connectivity index (χ4n) is 1.73. The van der Waals surface area contributed by atoms with E-state index in [0.717, 1.165) is 5.71 Å². The molecule has 2 heterocycles. The van der Waals surface area contributed by atoms with Gasteiger partial charge in [0.05, 0.1) is 24.3 Å². The van der Waals surface area contributed by atoms with Crippen molar-refractivity contribution < 1.29 is 4.79 Å². The van der Waals surface area contributed by atoms with Crippen molar-refractivity contribution in [3.63, 3.8) is 0 Å². The number of aliphatic imine (C=N–C) groups is 1. The molecule has 4 nitrogen and oxygen atoms in total. The maximum Gasteiger partial charge on any atom is 0.295 e. The van der Waals surface area contributed by atoms with Crippen molar-refractivity contribution in [2.24, 2.45) is 4.99 Å². The Labute approximate surface area is 80.3 Å². The minimum atomic E-state index is -0.214. The first-order valence-electron chi connectivity index (χ1n) is 4.36. The van der Waals surface area contributed by atoms with Gasteiger partial charge in [0, 0.05) is 0 Å². The summed E-state index contributed by atoms with van der Waals surface area (Å²) in [5.41, 5.74) is 1.33. The molecule has 1 aliphatic heterocycles. The minimum absolute atomic E-state index is 0.0372. The molecule has 1 unspecified atom stereocenters. The van der Waals surface area contributed by atoms with Crippen LogP contribution < -0.4 is 0 Å². The predicted molar refractivity (Wildman–Crippen MR) is 51.3 cm³/mol. The van der Waals surface area contributed by atoms with Crippen LogP contribution in [0.25, 0.3) is 0 Å². The first kappa shape index (κ1) is 7.44. The number of fused-ring (bicyclic) bond motifs is 3. The van der Waals surface area contributed by atoms with E-state index in [4.69, 9.17) is 0 Å². The van der Waals surface area contributed by atoms with Gasteiger partial charge in [-0.1, -0.05) is 18.2 Å². The zero-order valence-electron chi connectivity index (χ0n) is 7.29. The molecule has 0 fully saturated rings. The number of hydrogen-bond donors (Lipinski definition) is 0. The predicted octanol–water partition coefficient (Wildman–Crippen LogP) is 1.14. The van der Waals surface area contributed by atoms with E-state index in [9.17, 15) is 4.79 Å². The lowest BCUT2D eigenvalue weighted by Crippen LogP contribution is -2.26. The number of imidazole rings is 1. The molecule has 0 saturated carbocycles. The SMILES string of the molecule is O=C1N=C2C=CC=CC2n2cncc21. The molecule has 1 aromatic heterocycles. The summed E-state index contributed by atoms with van der Waals surface area (Å²) in [7, 11) is 0. The molecule has 2 aliphatic rings. The number of carbonyl (C=O) groups excluding carboxylic acids is 1. The van der Waals surface area contributed by atoms with Crippen LogP contribution in [0, 0.1) is 0 Å². The Morgan fingerprint density at radius 1 is 1.36 bits per heavy atom. The molecule has 1 aromatic rings. The maximum atomic E-state index is 11.5. The summed E-state index contributed by atoms with van der Waals surface area (Å²) in [4.78, 5) is 19.4. The zero-order valence-corrected chi connectivity index (χ0v) is 7.29. The highest BCUT2D eigenvalue weighted by molar-refractivity contribution is 6.12. The standard InChI is InChI=1S/C10H7N3O/c14-10-9-5-11-6-13(9)8-4-2-1-3-7(8)12-10/h1-6,8H. The highest BCUT2D eigenvalue weighted by atomic mass is 16.1. The van der Waals surface area contributed by atoms with Crippen molar-refractivity contribution in [3.05, 3.63) is 42.5 Å². The third kappa shape index (κ3) is 0.849. The van der Waals surface area contributed by atoms with Crippen LogP contribution in [0.3, 0.4) is 0 Å². The molecule has 0 radical (unpaired) electrons. The third-order valence-corrected chi connectivity index (χ3v) is 2.39. The Morgan fingerprint density at radius 2 is 2.29 bits per heavy atom. The average molecular weight is 185 g/mol. The fraction of sp³-hybridized carbons (Fsp3) is 0.100. The summed E-state index contributed by atoms with van der Waals surface area (Å²) in [6.07, 6.45) is 10.9. The lowest BCUT2D eigenvalue weighted by atomic mass is 10.0. The summed E-state index contributed by atoms with van der Waals surface area (Å²) >= 11 is 0. The van der Waals surface area contributed by atoms with Crippen LogP contribution in [0.2, 0.25) is 0 Å². The van der Waals surface area contributed by atoms with Crippen LogP contribution in [-0.2, 0) is 0 Å². The molecule has 0 bridgehead atoms. The molecule has 68 valence electrons. The molecule has 14 heavy (non-hydrogen) atoms. The van der Waals surface area contributed by atoms with Crippen LogP contribution in [0.4, 0.5) is 0 Å². The van der Waals surface area contributed by atoms with Crippen LogP contribution >= 0.6 is 0 Å². The van der Waals surface area contributed by atoms with Crippen LogP contribution in [-0.4, -0.2) is 21.2 Å². The van der Waals surface area contributed by atoms with Gasteiger partial charge >= 0.3 is 0 Å². The van der Waals surface area contributed by atoms with E-state index in [0.29, 0.717) is 5.69 Å². The van der Waals surface area contributed by atoms with Crippen molar-refractivity contribution in [2.75, 3.05) is 0 Å². The maximum absolute atomic E-state index is 11.5. The van der Waals surface area contributed by atoms with E-state index in [1.54, 1.807) is 12.5 Å². The van der Waals surface area contributed by atoms with Gasteiger partial charge in [0.25, 0.3) is 5.91 Å². The Morgan fingerprint density at radius 3 is 3.21 bits per heavy atom. The van der Waals surface area contributed by atoms with Gasteiger partial charge in [-0.2, -0.15) is 0 Å². The topological polar surface area (TPSA) is 47.2 Å². The van der Waals surface area contributed by atoms with E-state index in [2.05, 4.69) is 9.98 Å². The van der Waals surface area contributed by atoms with Crippen molar-refractivity contribution in [1.29, 1.82) is 0 Å². The molecule has 0 aromatic carbocycles. The molecule has 0 N–H and O–H groups in total. The van der Waals surface area contributed by atoms with Gasteiger partial charge in [0.1, 0.15) is 5.69 Å². The van der Waals surface area contributed by atoms with Gasteiger partial charge in [-0.3, -0.25) is 4.79 Å². The quantitative estimate of drug-likeness (QED) is 0.608. The third-order valence-electron chi connectivity index (χ3n) is 2.39. The summed E-state index contributed by atoms with van der Waals surface area (Å²) in [5.74, 6) is -0.214. The fourth-order valence-corrected chi connectivity index (χ4v) is 1.73. The zero-order chi connectivity index (χ0) is 9.54. The Hall–Kier alpha value is -1.97. The average Bonchev–Trinajstić information content (AvgIpc) is 2.67. The summed E-state index contributed by atoms with van der Waals surface area (Å²) in [6, 6.07) is 0.0372. The van der Waals surface area contributed by atoms with Gasteiger partial charge in [-0.05, 0) is 6.08 Å². The summed E-state index contributed by atoms with van der Waals surface area (Å²) in [6.45, 7) is 0. The lowest BCUT2D eigenvalue weighted by molar-refractivity contribution is 0.0989. The number of amides is 1. The van der Waals surface area contributed by atoms with Gasteiger partial charge in [-0.25, -0.2) is 9.98 Å². The molecule has 1 atom stereocenters. The highest BCUT2D eigenvalue weighted by Gasteiger charge is 2.26. The van der Waals surface area contributed by atoms with Crippen molar-refractivity contribution in [2.45, 2.75) is 6.04 Å². The van der Waals surface area contributed by atoms with E-state index in [1.165, 1.54) is 0 Å². The molecule has 1 aliphatic carbocycles. The number of carbonyl (C=O) groups is 1. The first-order chi connectivity index (χ1) is 6.86. The largest absolute Gasteiger partial charge is 0.314 e. The van der Waals surface area contributed by atoms with E-state index >= 15 is 0 Å². The number of allylic oxidation sites excluding steroid dienone is 4. The van der Waals surface area contributed by atoms with Gasteiger partial charge in [0.15, 0.2) is 0 Å². The number of aromatic nitrogens is 2. The number of hydrogen-bond acceptors (Lipinski definition) is 2. The summed E-state index contributed by atoms with van der Waals surface area (Å²) in [5, 5.41) is 0. The van der Waals surface area contributed by atoms with Gasteiger partial charge < -0.3 is 4.57 Å². The van der Waals surface area contributed by atoms with Crippen molar-refractivity contribution in [1.82, 2.24) is 9.55 Å². The molecular formula is C10H7N3O. The van der Waals surface area contributed by atoms with E-state index in [-0.39, 0.29) is 11.9 Å². The van der Waals surface area contributed by atoms with Crippen LogP contribution in [0.5, 0.6) is 0 Å². The Bertz CT molecular complexity index is 493. The molecule has 4 heteroatoms. The van der Waals surface area contributed by atoms with E-state index in [1.807, 2.05) is 28.9 Å². The number of nitrogens with zero attached hydrogens (tertiary/aromatic N) is 3. The van der Waals surface area contributed by atoms with Gasteiger partial charge in [-0.15, -0.1) is 0 Å². The highest BCUT2D eigenvalue weighted by Crippen LogP contribution is 2.23. The monoisotopic (exact) mass is 185 g/mol. The normalized spacial score (nSPS) is 23.0. The minimum Gasteiger partial charge on any atom is -0.314 e. The molecule has 1 amide bonds. The molecule has 3 rings (SSSR count). The molecular weight excluding hydrogens is 178 g/mol. The number of rotatable bonds is 0. The lowest BCUT2D eigenvalue weighted by Gasteiger charge is -2.22. The van der Waals surface area contributed by atoms with Crippen molar-refractivity contribution >= 4 is 11.6 Å². The van der Waals surface area contributed by atoms with Crippen molar-refractivity contribution in [3.8, 4) is 0 Å². The Balaban J connectivity index is 2.23. The second-order valence-corrected chi connectivity index (χ2v) is 3.22. The van der Waals surface area contributed by atoms with Crippen LogP contribution in [0.15, 0.2) is 41.8 Å². The first-order valence-corrected chi connectivity index (χ1v) is 4.36. The second-order valence-electron chi connectivity index (χ2n) is 3.22. The Kier molecular flexibility index (Phi) is 1.33. The van der Waals surface area contributed by atoms with E-state index < -0.39 is 0 Å².